The third kappa shape index (κ3) is 2.80. The topological polar surface area (TPSA) is 112 Å². The third-order valence-corrected chi connectivity index (χ3v) is 4.27. The highest BCUT2D eigenvalue weighted by Crippen LogP contribution is 2.38. The molecule has 0 saturated carbocycles. The molecule has 0 spiro atoms. The van der Waals surface area contributed by atoms with Crippen LogP contribution in [0.25, 0.3) is 11.0 Å². The van der Waals surface area contributed by atoms with Crippen molar-refractivity contribution in [2.24, 2.45) is 5.73 Å². The second-order valence-corrected chi connectivity index (χ2v) is 5.89. The van der Waals surface area contributed by atoms with Crippen LogP contribution in [0.1, 0.15) is 5.56 Å². The van der Waals surface area contributed by atoms with Gasteiger partial charge in [-0.2, -0.15) is 0 Å². The van der Waals surface area contributed by atoms with Gasteiger partial charge in [-0.1, -0.05) is 30.3 Å². The lowest BCUT2D eigenvalue weighted by atomic mass is 10.2. The number of nitrogens with two attached hydrogens (primary N) is 2. The number of rotatable bonds is 4. The zero-order valence-corrected chi connectivity index (χ0v) is 13.3. The van der Waals surface area contributed by atoms with E-state index in [1.54, 1.807) is 7.05 Å². The van der Waals surface area contributed by atoms with Crippen molar-refractivity contribution in [2.75, 3.05) is 18.1 Å². The number of fused-ring (bicyclic) bond motifs is 1. The number of benzene rings is 1. The number of hydrogen-bond acceptors (Lipinski definition) is 6. The fraction of sp³-hybridized carbons (Fsp3) is 0.133. The first-order chi connectivity index (χ1) is 11.1. The smallest absolute Gasteiger partial charge is 0.281 e. The van der Waals surface area contributed by atoms with Crippen LogP contribution in [0, 0.1) is 0 Å². The molecule has 0 radical (unpaired) electrons. The van der Waals surface area contributed by atoms with E-state index in [1.807, 2.05) is 34.9 Å². The number of anilines is 2. The summed E-state index contributed by atoms with van der Waals surface area (Å²) in [7, 11) is 1.76. The van der Waals surface area contributed by atoms with E-state index in [0.717, 1.165) is 17.3 Å². The molecular formula is C15H16N6OS. The van der Waals surface area contributed by atoms with Crippen molar-refractivity contribution >= 4 is 39.7 Å². The molecule has 0 bridgehead atoms. The molecule has 0 unspecified atom stereocenters. The fourth-order valence-corrected chi connectivity index (χ4v) is 3.18. The largest absolute Gasteiger partial charge is 0.384 e. The highest BCUT2D eigenvalue weighted by Gasteiger charge is 2.21. The molecule has 3 aromatic rings. The van der Waals surface area contributed by atoms with Gasteiger partial charge in [0.25, 0.3) is 5.24 Å². The summed E-state index contributed by atoms with van der Waals surface area (Å²) >= 11 is 0.889. The second kappa shape index (κ2) is 6.17. The molecule has 0 atom stereocenters. The Bertz CT molecular complexity index is 861. The number of aromatic nitrogens is 3. The number of carbonyl (C=O) groups is 1. The van der Waals surface area contributed by atoms with E-state index in [9.17, 15) is 4.79 Å². The van der Waals surface area contributed by atoms with Crippen LogP contribution in [0.5, 0.6) is 0 Å². The van der Waals surface area contributed by atoms with Crippen LogP contribution in [0.2, 0.25) is 0 Å². The highest BCUT2D eigenvalue weighted by molar-refractivity contribution is 8.13. The summed E-state index contributed by atoms with van der Waals surface area (Å²) in [6.07, 6.45) is 1.47. The molecular weight excluding hydrogens is 312 g/mol. The quantitative estimate of drug-likeness (QED) is 0.633. The van der Waals surface area contributed by atoms with Gasteiger partial charge in [-0.3, -0.25) is 4.79 Å². The molecule has 0 aliphatic carbocycles. The van der Waals surface area contributed by atoms with Crippen molar-refractivity contribution in [2.45, 2.75) is 11.4 Å². The normalized spacial score (nSPS) is 10.8. The lowest BCUT2D eigenvalue weighted by Gasteiger charge is -2.07. The Morgan fingerprint density at radius 1 is 1.30 bits per heavy atom. The zero-order chi connectivity index (χ0) is 16.4. The monoisotopic (exact) mass is 328 g/mol. The van der Waals surface area contributed by atoms with Gasteiger partial charge in [-0.15, -0.1) is 0 Å². The number of nitrogen functional groups attached to an aromatic ring is 1. The third-order valence-electron chi connectivity index (χ3n) is 3.46. The van der Waals surface area contributed by atoms with Crippen molar-refractivity contribution in [3.8, 4) is 0 Å². The van der Waals surface area contributed by atoms with Crippen molar-refractivity contribution in [1.29, 1.82) is 0 Å². The number of hydrogen-bond donors (Lipinski definition) is 3. The lowest BCUT2D eigenvalue weighted by Crippen LogP contribution is -2.06. The predicted octanol–water partition coefficient (Wildman–Crippen LogP) is 2.27. The number of nitrogens with zero attached hydrogens (tertiary/aromatic N) is 3. The van der Waals surface area contributed by atoms with Gasteiger partial charge < -0.3 is 21.4 Å². The standard InChI is InChI=1S/C15H16N6OS/c1-18-13-10-11(23-15(17)22)12(16)21(14(10)20-8-19-13)7-9-5-3-2-4-6-9/h2-6,8H,7,16H2,1H3,(H2,17,22)(H,18,19,20). The van der Waals surface area contributed by atoms with Gasteiger partial charge in [-0.05, 0) is 17.3 Å². The number of carbonyl (C=O) groups excluding carboxylic acids is 1. The van der Waals surface area contributed by atoms with Crippen LogP contribution in [0.3, 0.4) is 0 Å². The predicted molar refractivity (Wildman–Crippen MR) is 92.5 cm³/mol. The maximum Gasteiger partial charge on any atom is 0.281 e. The van der Waals surface area contributed by atoms with Gasteiger partial charge in [-0.25, -0.2) is 9.97 Å². The average Bonchev–Trinajstić information content (AvgIpc) is 2.81. The summed E-state index contributed by atoms with van der Waals surface area (Å²) in [4.78, 5) is 20.5. The first-order valence-electron chi connectivity index (χ1n) is 6.93. The second-order valence-electron chi connectivity index (χ2n) is 4.88. The van der Waals surface area contributed by atoms with Crippen molar-refractivity contribution in [1.82, 2.24) is 14.5 Å². The molecule has 7 nitrogen and oxygen atoms in total. The number of primary amides is 1. The number of amides is 1. The Morgan fingerprint density at radius 3 is 2.70 bits per heavy atom. The minimum atomic E-state index is -0.527. The van der Waals surface area contributed by atoms with Crippen molar-refractivity contribution < 1.29 is 4.79 Å². The zero-order valence-electron chi connectivity index (χ0n) is 12.5. The summed E-state index contributed by atoms with van der Waals surface area (Å²) in [6, 6.07) is 9.89. The lowest BCUT2D eigenvalue weighted by molar-refractivity contribution is 0.267. The van der Waals surface area contributed by atoms with Crippen LogP contribution in [0.4, 0.5) is 16.4 Å². The highest BCUT2D eigenvalue weighted by atomic mass is 32.2. The van der Waals surface area contributed by atoms with Crippen LogP contribution >= 0.6 is 11.8 Å². The molecule has 0 saturated heterocycles. The first-order valence-corrected chi connectivity index (χ1v) is 7.75. The van der Waals surface area contributed by atoms with Gasteiger partial charge >= 0.3 is 0 Å². The number of thioether (sulfide) groups is 1. The Morgan fingerprint density at radius 2 is 2.04 bits per heavy atom. The average molecular weight is 328 g/mol. The molecule has 23 heavy (non-hydrogen) atoms. The van der Waals surface area contributed by atoms with Crippen molar-refractivity contribution in [3.05, 3.63) is 42.2 Å². The van der Waals surface area contributed by atoms with Crippen LogP contribution < -0.4 is 16.8 Å². The van der Waals surface area contributed by atoms with Gasteiger partial charge in [0.15, 0.2) is 0 Å². The molecule has 2 aromatic heterocycles. The minimum Gasteiger partial charge on any atom is -0.384 e. The summed E-state index contributed by atoms with van der Waals surface area (Å²) in [5, 5.41) is 3.18. The molecule has 8 heteroatoms. The Labute approximate surface area is 137 Å². The van der Waals surface area contributed by atoms with Gasteiger partial charge in [0, 0.05) is 7.05 Å². The molecule has 1 amide bonds. The summed E-state index contributed by atoms with van der Waals surface area (Å²) < 4.78 is 1.86. The van der Waals surface area contributed by atoms with Gasteiger partial charge in [0.2, 0.25) is 0 Å². The van der Waals surface area contributed by atoms with Gasteiger partial charge in [0.05, 0.1) is 16.8 Å². The molecule has 0 aliphatic heterocycles. The molecule has 5 N–H and O–H groups in total. The number of nitrogens with one attached hydrogen (secondary N) is 1. The first kappa shape index (κ1) is 15.2. The molecule has 0 fully saturated rings. The van der Waals surface area contributed by atoms with E-state index in [4.69, 9.17) is 11.5 Å². The summed E-state index contributed by atoms with van der Waals surface area (Å²) in [5.74, 6) is 1.06. The van der Waals surface area contributed by atoms with E-state index < -0.39 is 5.24 Å². The molecule has 1 aromatic carbocycles. The van der Waals surface area contributed by atoms with Crippen LogP contribution in [0.15, 0.2) is 41.6 Å². The van der Waals surface area contributed by atoms with E-state index >= 15 is 0 Å². The summed E-state index contributed by atoms with van der Waals surface area (Å²) in [5.41, 5.74) is 13.4. The van der Waals surface area contributed by atoms with Crippen molar-refractivity contribution in [3.63, 3.8) is 0 Å². The van der Waals surface area contributed by atoms with E-state index in [-0.39, 0.29) is 0 Å². The summed E-state index contributed by atoms with van der Waals surface area (Å²) in [6.45, 7) is 0.544. The molecule has 3 rings (SSSR count). The SMILES string of the molecule is CNc1ncnc2c1c(SC(N)=O)c(N)n2Cc1ccccc1. The van der Waals surface area contributed by atoms with E-state index in [1.165, 1.54) is 6.33 Å². The molecule has 2 heterocycles. The molecule has 118 valence electrons. The maximum absolute atomic E-state index is 11.4. The van der Waals surface area contributed by atoms with E-state index in [0.29, 0.717) is 34.1 Å². The minimum absolute atomic E-state index is 0.449. The van der Waals surface area contributed by atoms with Gasteiger partial charge in [0.1, 0.15) is 23.6 Å². The Hall–Kier alpha value is -2.74. The Kier molecular flexibility index (Phi) is 4.07. The Balaban J connectivity index is 2.21. The fourth-order valence-electron chi connectivity index (χ4n) is 2.47. The van der Waals surface area contributed by atoms with Crippen LogP contribution in [-0.4, -0.2) is 26.8 Å². The maximum atomic E-state index is 11.4. The van der Waals surface area contributed by atoms with Crippen LogP contribution in [-0.2, 0) is 6.54 Å². The van der Waals surface area contributed by atoms with E-state index in [2.05, 4.69) is 15.3 Å². The molecule has 0 aliphatic rings.